The van der Waals surface area contributed by atoms with Crippen molar-refractivity contribution in [1.82, 2.24) is 0 Å². The number of hydrogen-bond donors (Lipinski definition) is 2. The second-order valence-electron chi connectivity index (χ2n) is 4.89. The lowest BCUT2D eigenvalue weighted by Crippen LogP contribution is -2.20. The molecule has 2 aromatic rings. The SMILES string of the molecule is Cc1cc(C)cc(OCC(=O)Nc2ccc(Cl)cc2N)c1. The first kappa shape index (κ1) is 15.2. The number of carbonyl (C=O) groups excluding carboxylic acids is 1. The molecule has 0 aliphatic rings. The van der Waals surface area contributed by atoms with Gasteiger partial charge in [-0.2, -0.15) is 0 Å². The lowest BCUT2D eigenvalue weighted by Gasteiger charge is -2.10. The third-order valence-corrected chi connectivity index (χ3v) is 3.09. The van der Waals surface area contributed by atoms with Crippen LogP contribution < -0.4 is 15.8 Å². The van der Waals surface area contributed by atoms with Crippen LogP contribution in [0.15, 0.2) is 36.4 Å². The van der Waals surface area contributed by atoms with Crippen molar-refractivity contribution in [3.05, 3.63) is 52.5 Å². The molecule has 21 heavy (non-hydrogen) atoms. The van der Waals surface area contributed by atoms with Gasteiger partial charge in [0.05, 0.1) is 11.4 Å². The fraction of sp³-hybridized carbons (Fsp3) is 0.188. The summed E-state index contributed by atoms with van der Waals surface area (Å²) in [5.41, 5.74) is 8.90. The number of hydrogen-bond acceptors (Lipinski definition) is 3. The molecular formula is C16H17ClN2O2. The summed E-state index contributed by atoms with van der Waals surface area (Å²) in [6.07, 6.45) is 0. The zero-order valence-corrected chi connectivity index (χ0v) is 12.7. The Balaban J connectivity index is 1.95. The normalized spacial score (nSPS) is 10.2. The molecule has 0 aliphatic carbocycles. The van der Waals surface area contributed by atoms with Crippen LogP contribution in [0.5, 0.6) is 5.75 Å². The predicted molar refractivity (Wildman–Crippen MR) is 85.9 cm³/mol. The minimum Gasteiger partial charge on any atom is -0.484 e. The van der Waals surface area contributed by atoms with Gasteiger partial charge in [-0.25, -0.2) is 0 Å². The fourth-order valence-electron chi connectivity index (χ4n) is 2.00. The van der Waals surface area contributed by atoms with Crippen LogP contribution in [0.3, 0.4) is 0 Å². The number of nitrogen functional groups attached to an aromatic ring is 1. The van der Waals surface area contributed by atoms with E-state index in [1.807, 2.05) is 32.0 Å². The van der Waals surface area contributed by atoms with E-state index in [0.29, 0.717) is 22.1 Å². The van der Waals surface area contributed by atoms with Crippen LogP contribution in [-0.2, 0) is 4.79 Å². The number of amides is 1. The van der Waals surface area contributed by atoms with Gasteiger partial charge in [0.25, 0.3) is 5.91 Å². The maximum atomic E-state index is 11.9. The Kier molecular flexibility index (Phi) is 4.70. The highest BCUT2D eigenvalue weighted by atomic mass is 35.5. The molecule has 0 saturated heterocycles. The smallest absolute Gasteiger partial charge is 0.262 e. The average Bonchev–Trinajstić information content (AvgIpc) is 2.39. The summed E-state index contributed by atoms with van der Waals surface area (Å²) in [7, 11) is 0. The molecule has 2 rings (SSSR count). The lowest BCUT2D eigenvalue weighted by molar-refractivity contribution is -0.118. The summed E-state index contributed by atoms with van der Waals surface area (Å²) in [6.45, 7) is 3.88. The van der Waals surface area contributed by atoms with Gasteiger partial charge in [-0.3, -0.25) is 4.79 Å². The number of benzene rings is 2. The van der Waals surface area contributed by atoms with E-state index < -0.39 is 0 Å². The molecule has 0 spiro atoms. The van der Waals surface area contributed by atoms with E-state index in [1.165, 1.54) is 0 Å². The Morgan fingerprint density at radius 1 is 1.19 bits per heavy atom. The molecule has 3 N–H and O–H groups in total. The summed E-state index contributed by atoms with van der Waals surface area (Å²) in [4.78, 5) is 11.9. The zero-order chi connectivity index (χ0) is 15.4. The van der Waals surface area contributed by atoms with Crippen LogP contribution in [0.1, 0.15) is 11.1 Å². The summed E-state index contributed by atoms with van der Waals surface area (Å²) in [5, 5.41) is 3.21. The molecule has 1 amide bonds. The van der Waals surface area contributed by atoms with E-state index in [1.54, 1.807) is 18.2 Å². The number of aryl methyl sites for hydroxylation is 2. The van der Waals surface area contributed by atoms with Crippen LogP contribution in [0, 0.1) is 13.8 Å². The largest absolute Gasteiger partial charge is 0.484 e. The number of ether oxygens (including phenoxy) is 1. The third kappa shape index (κ3) is 4.39. The van der Waals surface area contributed by atoms with Crippen molar-refractivity contribution in [2.75, 3.05) is 17.7 Å². The molecule has 110 valence electrons. The van der Waals surface area contributed by atoms with E-state index >= 15 is 0 Å². The standard InChI is InChI=1S/C16H17ClN2O2/c1-10-5-11(2)7-13(6-10)21-9-16(20)19-15-4-3-12(17)8-14(15)18/h3-8H,9,18H2,1-2H3,(H,19,20). The van der Waals surface area contributed by atoms with Gasteiger partial charge in [0, 0.05) is 5.02 Å². The van der Waals surface area contributed by atoms with Crippen molar-refractivity contribution >= 4 is 28.9 Å². The Bertz CT molecular complexity index is 651. The monoisotopic (exact) mass is 304 g/mol. The van der Waals surface area contributed by atoms with Crippen LogP contribution in [0.4, 0.5) is 11.4 Å². The first-order valence-corrected chi connectivity index (χ1v) is 6.88. The Hall–Kier alpha value is -2.20. The molecule has 0 saturated carbocycles. The van der Waals surface area contributed by atoms with Crippen LogP contribution >= 0.6 is 11.6 Å². The van der Waals surface area contributed by atoms with E-state index in [0.717, 1.165) is 11.1 Å². The van der Waals surface area contributed by atoms with Crippen LogP contribution in [0.2, 0.25) is 5.02 Å². The van der Waals surface area contributed by atoms with Crippen molar-refractivity contribution in [2.24, 2.45) is 0 Å². The van der Waals surface area contributed by atoms with Gasteiger partial charge in [-0.1, -0.05) is 17.7 Å². The fourth-order valence-corrected chi connectivity index (χ4v) is 2.18. The minimum absolute atomic E-state index is 0.0784. The van der Waals surface area contributed by atoms with Gasteiger partial charge in [-0.15, -0.1) is 0 Å². The molecule has 4 nitrogen and oxygen atoms in total. The average molecular weight is 305 g/mol. The maximum Gasteiger partial charge on any atom is 0.262 e. The number of carbonyl (C=O) groups is 1. The Labute approximate surface area is 128 Å². The van der Waals surface area contributed by atoms with E-state index in [2.05, 4.69) is 5.32 Å². The predicted octanol–water partition coefficient (Wildman–Crippen LogP) is 3.56. The summed E-state index contributed by atoms with van der Waals surface area (Å²) in [6, 6.07) is 10.7. The Morgan fingerprint density at radius 3 is 2.48 bits per heavy atom. The number of rotatable bonds is 4. The third-order valence-electron chi connectivity index (χ3n) is 2.85. The second kappa shape index (κ2) is 6.50. The summed E-state index contributed by atoms with van der Waals surface area (Å²) in [5.74, 6) is 0.398. The van der Waals surface area contributed by atoms with E-state index in [-0.39, 0.29) is 12.5 Å². The Morgan fingerprint density at radius 2 is 1.86 bits per heavy atom. The summed E-state index contributed by atoms with van der Waals surface area (Å²) < 4.78 is 5.49. The molecule has 0 aromatic heterocycles. The highest BCUT2D eigenvalue weighted by Gasteiger charge is 2.07. The number of anilines is 2. The molecule has 0 bridgehead atoms. The molecule has 5 heteroatoms. The lowest BCUT2D eigenvalue weighted by atomic mass is 10.1. The molecule has 0 aliphatic heterocycles. The first-order valence-electron chi connectivity index (χ1n) is 6.50. The first-order chi connectivity index (χ1) is 9.94. The topological polar surface area (TPSA) is 64.3 Å². The quantitative estimate of drug-likeness (QED) is 0.849. The minimum atomic E-state index is -0.275. The van der Waals surface area contributed by atoms with Crippen molar-refractivity contribution in [3.63, 3.8) is 0 Å². The zero-order valence-electron chi connectivity index (χ0n) is 11.9. The van der Waals surface area contributed by atoms with Gasteiger partial charge in [0.2, 0.25) is 0 Å². The van der Waals surface area contributed by atoms with E-state index in [4.69, 9.17) is 22.1 Å². The van der Waals surface area contributed by atoms with Crippen LogP contribution in [0.25, 0.3) is 0 Å². The maximum absolute atomic E-state index is 11.9. The van der Waals surface area contributed by atoms with Gasteiger partial charge in [0.15, 0.2) is 6.61 Å². The van der Waals surface area contributed by atoms with Gasteiger partial charge >= 0.3 is 0 Å². The molecule has 0 radical (unpaired) electrons. The second-order valence-corrected chi connectivity index (χ2v) is 5.33. The number of nitrogens with two attached hydrogens (primary N) is 1. The highest BCUT2D eigenvalue weighted by Crippen LogP contribution is 2.22. The molecule has 0 heterocycles. The van der Waals surface area contributed by atoms with Crippen molar-refractivity contribution in [2.45, 2.75) is 13.8 Å². The highest BCUT2D eigenvalue weighted by molar-refractivity contribution is 6.31. The molecule has 2 aromatic carbocycles. The molecule has 0 unspecified atom stereocenters. The van der Waals surface area contributed by atoms with Crippen molar-refractivity contribution in [3.8, 4) is 5.75 Å². The summed E-state index contributed by atoms with van der Waals surface area (Å²) >= 11 is 5.81. The van der Waals surface area contributed by atoms with Crippen molar-refractivity contribution in [1.29, 1.82) is 0 Å². The van der Waals surface area contributed by atoms with Crippen LogP contribution in [-0.4, -0.2) is 12.5 Å². The van der Waals surface area contributed by atoms with Gasteiger partial charge in [0.1, 0.15) is 5.75 Å². The number of nitrogens with one attached hydrogen (secondary N) is 1. The van der Waals surface area contributed by atoms with Gasteiger partial charge in [-0.05, 0) is 55.3 Å². The van der Waals surface area contributed by atoms with E-state index in [9.17, 15) is 4.79 Å². The number of halogens is 1. The molecular weight excluding hydrogens is 288 g/mol. The molecule has 0 fully saturated rings. The molecule has 0 atom stereocenters. The van der Waals surface area contributed by atoms with Crippen molar-refractivity contribution < 1.29 is 9.53 Å². The van der Waals surface area contributed by atoms with Gasteiger partial charge < -0.3 is 15.8 Å².